The van der Waals surface area contributed by atoms with Gasteiger partial charge in [-0.25, -0.2) is 0 Å². The number of hydrogen-bond donors (Lipinski definition) is 2. The van der Waals surface area contributed by atoms with Crippen molar-refractivity contribution in [2.45, 2.75) is 32.2 Å². The predicted octanol–water partition coefficient (Wildman–Crippen LogP) is 3.96. The molecule has 2 aromatic rings. The van der Waals surface area contributed by atoms with Crippen LogP contribution in [0.5, 0.6) is 0 Å². The Hall–Kier alpha value is -1.80. The maximum absolute atomic E-state index is 9.96. The van der Waals surface area contributed by atoms with Crippen LogP contribution in [0.3, 0.4) is 0 Å². The maximum atomic E-state index is 9.96. The third kappa shape index (κ3) is 3.02. The first kappa shape index (κ1) is 14.6. The Morgan fingerprint density at radius 2 is 1.60 bits per heavy atom. The van der Waals surface area contributed by atoms with E-state index in [1.54, 1.807) is 0 Å². The molecule has 2 heteroatoms. The first-order chi connectivity index (χ1) is 9.74. The predicted molar refractivity (Wildman–Crippen MR) is 84.9 cm³/mol. The minimum absolute atomic E-state index is 0.0733. The van der Waals surface area contributed by atoms with Gasteiger partial charge in [0.25, 0.3) is 0 Å². The summed E-state index contributed by atoms with van der Waals surface area (Å²) >= 11 is 0. The first-order valence-electron chi connectivity index (χ1n) is 7.27. The van der Waals surface area contributed by atoms with E-state index in [1.807, 2.05) is 30.3 Å². The van der Waals surface area contributed by atoms with Crippen LogP contribution in [0.15, 0.2) is 54.6 Å². The lowest BCUT2D eigenvalue weighted by Gasteiger charge is -2.34. The van der Waals surface area contributed by atoms with E-state index < -0.39 is 5.54 Å². The molecule has 2 aromatic carbocycles. The molecule has 1 unspecified atom stereocenters. The molecular weight excluding hydrogens is 246 g/mol. The minimum atomic E-state index is -0.423. The molecule has 0 spiro atoms. The zero-order valence-corrected chi connectivity index (χ0v) is 12.3. The molecule has 0 aliphatic heterocycles. The zero-order valence-electron chi connectivity index (χ0n) is 12.3. The van der Waals surface area contributed by atoms with Crippen LogP contribution in [0.25, 0.3) is 0 Å². The number of aliphatic hydroxyl groups excluding tert-OH is 1. The highest BCUT2D eigenvalue weighted by Gasteiger charge is 2.29. The molecule has 0 radical (unpaired) electrons. The highest BCUT2D eigenvalue weighted by atomic mass is 16.3. The number of aryl methyl sites for hydroxylation is 1. The standard InChI is InChI=1S/C18H23NO/c1-3-15-10-12-16(13-11-15)18(4-2,14-20)19-17-8-6-5-7-9-17/h5-13,19-20H,3-4,14H2,1-2H3. The molecule has 2 rings (SSSR count). The Bertz CT molecular complexity index is 515. The number of aliphatic hydroxyl groups is 1. The molecule has 0 bridgehead atoms. The Kier molecular flexibility index (Phi) is 4.80. The molecule has 20 heavy (non-hydrogen) atoms. The monoisotopic (exact) mass is 269 g/mol. The van der Waals surface area contributed by atoms with Crippen molar-refractivity contribution in [1.82, 2.24) is 0 Å². The lowest BCUT2D eigenvalue weighted by Crippen LogP contribution is -2.38. The van der Waals surface area contributed by atoms with Crippen LogP contribution in [0.2, 0.25) is 0 Å². The molecule has 0 saturated carbocycles. The van der Waals surface area contributed by atoms with Crippen LogP contribution in [-0.2, 0) is 12.0 Å². The molecule has 0 amide bonds. The Balaban J connectivity index is 2.32. The van der Waals surface area contributed by atoms with Crippen molar-refractivity contribution in [3.8, 4) is 0 Å². The molecule has 106 valence electrons. The van der Waals surface area contributed by atoms with E-state index in [0.717, 1.165) is 24.1 Å². The van der Waals surface area contributed by atoms with Crippen LogP contribution < -0.4 is 5.32 Å². The molecule has 2 N–H and O–H groups in total. The summed E-state index contributed by atoms with van der Waals surface area (Å²) in [7, 11) is 0. The third-order valence-corrected chi connectivity index (χ3v) is 3.95. The number of rotatable bonds is 6. The van der Waals surface area contributed by atoms with Gasteiger partial charge < -0.3 is 10.4 Å². The second-order valence-corrected chi connectivity index (χ2v) is 5.14. The van der Waals surface area contributed by atoms with Crippen LogP contribution in [0.1, 0.15) is 31.4 Å². The average Bonchev–Trinajstić information content (AvgIpc) is 2.54. The fourth-order valence-corrected chi connectivity index (χ4v) is 2.46. The topological polar surface area (TPSA) is 32.3 Å². The number of para-hydroxylation sites is 1. The SMILES string of the molecule is CCc1ccc(C(CC)(CO)Nc2ccccc2)cc1. The highest BCUT2D eigenvalue weighted by Crippen LogP contribution is 2.29. The van der Waals surface area contributed by atoms with E-state index in [1.165, 1.54) is 5.56 Å². The molecule has 0 aliphatic rings. The molecule has 2 nitrogen and oxygen atoms in total. The van der Waals surface area contributed by atoms with Gasteiger partial charge in [-0.3, -0.25) is 0 Å². The van der Waals surface area contributed by atoms with E-state index in [2.05, 4.69) is 43.4 Å². The molecule has 0 saturated heterocycles. The quantitative estimate of drug-likeness (QED) is 0.832. The van der Waals surface area contributed by atoms with Crippen LogP contribution in [0.4, 0.5) is 5.69 Å². The van der Waals surface area contributed by atoms with Crippen molar-refractivity contribution in [2.75, 3.05) is 11.9 Å². The van der Waals surface area contributed by atoms with Crippen molar-refractivity contribution < 1.29 is 5.11 Å². The largest absolute Gasteiger partial charge is 0.394 e. The summed E-state index contributed by atoms with van der Waals surface area (Å²) in [5, 5.41) is 13.5. The molecule has 0 aromatic heterocycles. The van der Waals surface area contributed by atoms with Crippen molar-refractivity contribution in [3.05, 3.63) is 65.7 Å². The number of benzene rings is 2. The van der Waals surface area contributed by atoms with E-state index in [-0.39, 0.29) is 6.61 Å². The van der Waals surface area contributed by atoms with Crippen LogP contribution >= 0.6 is 0 Å². The molecular formula is C18H23NO. The molecule has 1 atom stereocenters. The summed E-state index contributed by atoms with van der Waals surface area (Å²) in [5.41, 5.74) is 3.05. The Labute approximate surface area is 121 Å². The van der Waals surface area contributed by atoms with Gasteiger partial charge >= 0.3 is 0 Å². The van der Waals surface area contributed by atoms with Gasteiger partial charge in [-0.2, -0.15) is 0 Å². The normalized spacial score (nSPS) is 13.8. The van der Waals surface area contributed by atoms with Gasteiger partial charge in [0, 0.05) is 5.69 Å². The van der Waals surface area contributed by atoms with Gasteiger partial charge in [-0.15, -0.1) is 0 Å². The maximum Gasteiger partial charge on any atom is 0.0854 e. The lowest BCUT2D eigenvalue weighted by atomic mass is 9.87. The summed E-state index contributed by atoms with van der Waals surface area (Å²) in [4.78, 5) is 0. The van der Waals surface area contributed by atoms with Gasteiger partial charge in [0.05, 0.1) is 12.1 Å². The first-order valence-corrected chi connectivity index (χ1v) is 7.27. The van der Waals surface area contributed by atoms with Crippen molar-refractivity contribution in [2.24, 2.45) is 0 Å². The number of nitrogens with one attached hydrogen (secondary N) is 1. The number of anilines is 1. The summed E-state index contributed by atoms with van der Waals surface area (Å²) < 4.78 is 0. The second kappa shape index (κ2) is 6.58. The smallest absolute Gasteiger partial charge is 0.0854 e. The summed E-state index contributed by atoms with van der Waals surface area (Å²) in [5.74, 6) is 0. The van der Waals surface area contributed by atoms with Crippen molar-refractivity contribution in [3.63, 3.8) is 0 Å². The van der Waals surface area contributed by atoms with Crippen molar-refractivity contribution >= 4 is 5.69 Å². The van der Waals surface area contributed by atoms with Gasteiger partial charge in [0.1, 0.15) is 0 Å². The lowest BCUT2D eigenvalue weighted by molar-refractivity contribution is 0.207. The molecule has 0 fully saturated rings. The van der Waals surface area contributed by atoms with Gasteiger partial charge in [-0.05, 0) is 36.1 Å². The second-order valence-electron chi connectivity index (χ2n) is 5.14. The summed E-state index contributed by atoms with van der Waals surface area (Å²) in [6.07, 6.45) is 1.86. The van der Waals surface area contributed by atoms with Crippen LogP contribution in [-0.4, -0.2) is 11.7 Å². The Morgan fingerprint density at radius 3 is 2.10 bits per heavy atom. The summed E-state index contributed by atoms with van der Waals surface area (Å²) in [6.45, 7) is 4.32. The highest BCUT2D eigenvalue weighted by molar-refractivity contribution is 5.48. The summed E-state index contributed by atoms with van der Waals surface area (Å²) in [6, 6.07) is 18.6. The van der Waals surface area contributed by atoms with Crippen molar-refractivity contribution in [1.29, 1.82) is 0 Å². The average molecular weight is 269 g/mol. The molecule has 0 aliphatic carbocycles. The Morgan fingerprint density at radius 1 is 0.950 bits per heavy atom. The van der Waals surface area contributed by atoms with Gasteiger partial charge in [-0.1, -0.05) is 56.3 Å². The fraction of sp³-hybridized carbons (Fsp3) is 0.333. The molecule has 0 heterocycles. The third-order valence-electron chi connectivity index (χ3n) is 3.95. The van der Waals surface area contributed by atoms with E-state index in [9.17, 15) is 5.11 Å². The van der Waals surface area contributed by atoms with E-state index >= 15 is 0 Å². The van der Waals surface area contributed by atoms with Crippen LogP contribution in [0, 0.1) is 0 Å². The van der Waals surface area contributed by atoms with E-state index in [4.69, 9.17) is 0 Å². The number of hydrogen-bond acceptors (Lipinski definition) is 2. The zero-order chi connectivity index (χ0) is 14.4. The van der Waals surface area contributed by atoms with E-state index in [0.29, 0.717) is 0 Å². The fourth-order valence-electron chi connectivity index (χ4n) is 2.46. The van der Waals surface area contributed by atoms with Gasteiger partial charge in [0.2, 0.25) is 0 Å². The van der Waals surface area contributed by atoms with Gasteiger partial charge in [0.15, 0.2) is 0 Å². The minimum Gasteiger partial charge on any atom is -0.394 e.